The molecular formula is C21H24BrFN2O. The number of hydrogen-bond donors (Lipinski definition) is 0. The fourth-order valence-corrected chi connectivity index (χ4v) is 3.01. The molecule has 0 aliphatic carbocycles. The van der Waals surface area contributed by atoms with E-state index < -0.39 is 0 Å². The van der Waals surface area contributed by atoms with E-state index in [1.54, 1.807) is 12.1 Å². The van der Waals surface area contributed by atoms with E-state index in [9.17, 15) is 9.18 Å². The lowest BCUT2D eigenvalue weighted by Gasteiger charge is -2.26. The summed E-state index contributed by atoms with van der Waals surface area (Å²) in [5, 5.41) is 0. The van der Waals surface area contributed by atoms with E-state index >= 15 is 0 Å². The molecule has 3 rings (SSSR count). The van der Waals surface area contributed by atoms with E-state index in [1.165, 1.54) is 24.1 Å². The number of nitrogens with zero attached hydrogens (tertiary/aromatic N) is 2. The van der Waals surface area contributed by atoms with Crippen molar-refractivity contribution in [2.45, 2.75) is 32.6 Å². The molecule has 3 nitrogen and oxygen atoms in total. The number of halogens is 2. The van der Waals surface area contributed by atoms with E-state index in [0.717, 1.165) is 37.3 Å². The second-order valence-corrected chi connectivity index (χ2v) is 6.46. The zero-order valence-electron chi connectivity index (χ0n) is 15.0. The van der Waals surface area contributed by atoms with E-state index in [0.29, 0.717) is 5.56 Å². The molecule has 1 heterocycles. The number of aliphatic imine (C=N–C) groups is 1. The van der Waals surface area contributed by atoms with Gasteiger partial charge in [0.1, 0.15) is 11.7 Å². The third-order valence-electron chi connectivity index (χ3n) is 4.48. The summed E-state index contributed by atoms with van der Waals surface area (Å²) >= 11 is 0. The zero-order chi connectivity index (χ0) is 17.6. The summed E-state index contributed by atoms with van der Waals surface area (Å²) in [7, 11) is 0. The van der Waals surface area contributed by atoms with Gasteiger partial charge in [0.05, 0.1) is 6.54 Å². The lowest BCUT2D eigenvalue weighted by atomic mass is 10.1. The number of hydrogen-bond acceptors (Lipinski definition) is 3. The number of rotatable bonds is 4. The molecule has 0 N–H and O–H groups in total. The van der Waals surface area contributed by atoms with Gasteiger partial charge in [0.25, 0.3) is 0 Å². The van der Waals surface area contributed by atoms with Gasteiger partial charge in [0.15, 0.2) is 5.78 Å². The van der Waals surface area contributed by atoms with E-state index in [2.05, 4.69) is 0 Å². The third kappa shape index (κ3) is 5.24. The Morgan fingerprint density at radius 2 is 1.73 bits per heavy atom. The van der Waals surface area contributed by atoms with E-state index in [-0.39, 0.29) is 35.1 Å². The number of benzene rings is 2. The second-order valence-electron chi connectivity index (χ2n) is 6.46. The molecule has 138 valence electrons. The Bertz CT molecular complexity index is 757. The van der Waals surface area contributed by atoms with Gasteiger partial charge in [-0.05, 0) is 56.2 Å². The smallest absolute Gasteiger partial charge is 0.182 e. The van der Waals surface area contributed by atoms with Gasteiger partial charge in [-0.3, -0.25) is 9.79 Å². The fraction of sp³-hybridized carbons (Fsp3) is 0.333. The summed E-state index contributed by atoms with van der Waals surface area (Å²) in [6.07, 6.45) is 4.23. The zero-order valence-corrected chi connectivity index (χ0v) is 16.7. The van der Waals surface area contributed by atoms with Gasteiger partial charge in [-0.1, -0.05) is 24.1 Å². The molecule has 5 heteroatoms. The molecular weight excluding hydrogens is 395 g/mol. The molecule has 1 aliphatic rings. The minimum absolute atomic E-state index is 0. The Kier molecular flexibility index (Phi) is 7.51. The molecule has 2 aromatic rings. The second kappa shape index (κ2) is 9.62. The number of anilines is 1. The minimum Gasteiger partial charge on any atom is -0.322 e. The molecule has 0 saturated carbocycles. The van der Waals surface area contributed by atoms with Crippen LogP contribution < -0.4 is 4.90 Å². The van der Waals surface area contributed by atoms with Crippen LogP contribution in [-0.2, 0) is 0 Å². The van der Waals surface area contributed by atoms with E-state index in [4.69, 9.17) is 4.99 Å². The van der Waals surface area contributed by atoms with Gasteiger partial charge >= 0.3 is 0 Å². The van der Waals surface area contributed by atoms with Crippen molar-refractivity contribution in [3.05, 3.63) is 65.5 Å². The Labute approximate surface area is 164 Å². The fourth-order valence-electron chi connectivity index (χ4n) is 3.01. The lowest BCUT2D eigenvalue weighted by Crippen LogP contribution is -2.36. The average Bonchev–Trinajstić information content (AvgIpc) is 2.90. The van der Waals surface area contributed by atoms with Crippen LogP contribution in [0.25, 0.3) is 0 Å². The van der Waals surface area contributed by atoms with Crippen molar-refractivity contribution in [2.75, 3.05) is 18.0 Å². The normalized spacial score (nSPS) is 14.0. The Balaban J connectivity index is 0.00000243. The summed E-state index contributed by atoms with van der Waals surface area (Å²) < 4.78 is 13.1. The van der Waals surface area contributed by atoms with Gasteiger partial charge in [-0.15, -0.1) is 17.0 Å². The topological polar surface area (TPSA) is 32.7 Å². The van der Waals surface area contributed by atoms with Gasteiger partial charge < -0.3 is 4.90 Å². The predicted octanol–water partition coefficient (Wildman–Crippen LogP) is 5.37. The van der Waals surface area contributed by atoms with Crippen LogP contribution >= 0.6 is 17.0 Å². The molecule has 2 aromatic carbocycles. The summed E-state index contributed by atoms with van der Waals surface area (Å²) in [6.45, 7) is 3.07. The highest BCUT2D eigenvalue weighted by atomic mass is 79.9. The summed E-state index contributed by atoms with van der Waals surface area (Å²) in [4.78, 5) is 19.4. The van der Waals surface area contributed by atoms with Crippen LogP contribution in [-0.4, -0.2) is 24.7 Å². The highest BCUT2D eigenvalue weighted by Gasteiger charge is 2.19. The monoisotopic (exact) mass is 418 g/mol. The van der Waals surface area contributed by atoms with Crippen LogP contribution in [0, 0.1) is 12.7 Å². The van der Waals surface area contributed by atoms with Crippen molar-refractivity contribution in [1.82, 2.24) is 0 Å². The van der Waals surface area contributed by atoms with Crippen molar-refractivity contribution < 1.29 is 9.18 Å². The largest absolute Gasteiger partial charge is 0.322 e. The maximum atomic E-state index is 13.1. The van der Waals surface area contributed by atoms with Crippen molar-refractivity contribution >= 4 is 34.3 Å². The quantitative estimate of drug-likeness (QED) is 0.624. The number of Topliss-reactive ketones (excluding diaryl/α,β-unsaturated/α-hetero) is 1. The molecule has 1 aliphatic heterocycles. The van der Waals surface area contributed by atoms with Gasteiger partial charge in [0.2, 0.25) is 0 Å². The van der Waals surface area contributed by atoms with Crippen molar-refractivity contribution in [3.8, 4) is 0 Å². The Morgan fingerprint density at radius 1 is 1.04 bits per heavy atom. The maximum Gasteiger partial charge on any atom is 0.182 e. The van der Waals surface area contributed by atoms with Crippen molar-refractivity contribution in [3.63, 3.8) is 0 Å². The van der Waals surface area contributed by atoms with Gasteiger partial charge in [-0.25, -0.2) is 4.39 Å². The SMILES string of the molecule is Br.Cc1ccc(N(CC(=O)c2ccc(F)cc2)C2=NCCCCC2)cc1. The molecule has 0 aromatic heterocycles. The first-order valence-electron chi connectivity index (χ1n) is 8.80. The molecule has 0 atom stereocenters. The number of amidine groups is 1. The van der Waals surface area contributed by atoms with Crippen LogP contribution in [0.4, 0.5) is 10.1 Å². The number of ketones is 1. The first kappa shape index (κ1) is 20.3. The average molecular weight is 419 g/mol. The highest BCUT2D eigenvalue weighted by Crippen LogP contribution is 2.20. The molecule has 0 unspecified atom stereocenters. The number of carbonyl (C=O) groups excluding carboxylic acids is 1. The summed E-state index contributed by atoms with van der Waals surface area (Å²) in [6, 6.07) is 13.9. The molecule has 0 amide bonds. The van der Waals surface area contributed by atoms with Gasteiger partial charge in [0, 0.05) is 24.2 Å². The Morgan fingerprint density at radius 3 is 2.42 bits per heavy atom. The number of aryl methyl sites for hydroxylation is 1. The van der Waals surface area contributed by atoms with Crippen LogP contribution in [0.15, 0.2) is 53.5 Å². The maximum absolute atomic E-state index is 13.1. The first-order chi connectivity index (χ1) is 12.1. The van der Waals surface area contributed by atoms with Crippen molar-refractivity contribution in [1.29, 1.82) is 0 Å². The Hall–Kier alpha value is -2.01. The van der Waals surface area contributed by atoms with Crippen LogP contribution in [0.1, 0.15) is 41.6 Å². The number of carbonyl (C=O) groups is 1. The van der Waals surface area contributed by atoms with Crippen LogP contribution in [0.3, 0.4) is 0 Å². The minimum atomic E-state index is -0.333. The molecule has 0 saturated heterocycles. The molecule has 0 fully saturated rings. The predicted molar refractivity (Wildman–Crippen MR) is 110 cm³/mol. The van der Waals surface area contributed by atoms with E-state index in [1.807, 2.05) is 36.1 Å². The van der Waals surface area contributed by atoms with Crippen LogP contribution in [0.2, 0.25) is 0 Å². The first-order valence-corrected chi connectivity index (χ1v) is 8.80. The molecule has 0 spiro atoms. The standard InChI is InChI=1S/C21H23FN2O.BrH/c1-16-6-12-19(13-7-16)24(21-5-3-2-4-14-23-21)15-20(25)17-8-10-18(22)11-9-17;/h6-13H,2-5,14-15H2,1H3;1H. The lowest BCUT2D eigenvalue weighted by molar-refractivity contribution is 0.100. The third-order valence-corrected chi connectivity index (χ3v) is 4.48. The van der Waals surface area contributed by atoms with Gasteiger partial charge in [-0.2, -0.15) is 0 Å². The summed E-state index contributed by atoms with van der Waals surface area (Å²) in [5.74, 6) is 0.601. The highest BCUT2D eigenvalue weighted by molar-refractivity contribution is 8.93. The van der Waals surface area contributed by atoms with Crippen LogP contribution in [0.5, 0.6) is 0 Å². The molecule has 26 heavy (non-hydrogen) atoms. The summed E-state index contributed by atoms with van der Waals surface area (Å²) in [5.41, 5.74) is 2.67. The molecule has 0 bridgehead atoms. The molecule has 0 radical (unpaired) electrons. The van der Waals surface area contributed by atoms with Crippen molar-refractivity contribution in [2.24, 2.45) is 4.99 Å².